The molecule has 21 heavy (non-hydrogen) atoms. The van der Waals surface area contributed by atoms with Gasteiger partial charge in [-0.1, -0.05) is 12.1 Å². The van der Waals surface area contributed by atoms with Crippen LogP contribution in [0.3, 0.4) is 0 Å². The molecule has 0 aliphatic carbocycles. The Kier molecular flexibility index (Phi) is 4.81. The highest BCUT2D eigenvalue weighted by Gasteiger charge is 2.15. The fourth-order valence-corrected chi connectivity index (χ4v) is 2.04. The predicted molar refractivity (Wildman–Crippen MR) is 79.2 cm³/mol. The molecule has 0 fully saturated rings. The van der Waals surface area contributed by atoms with Crippen molar-refractivity contribution in [1.82, 2.24) is 0 Å². The summed E-state index contributed by atoms with van der Waals surface area (Å²) in [5.74, 6) is 0.643. The second kappa shape index (κ2) is 6.59. The molecule has 0 bridgehead atoms. The van der Waals surface area contributed by atoms with Crippen molar-refractivity contribution in [1.29, 1.82) is 0 Å². The summed E-state index contributed by atoms with van der Waals surface area (Å²) in [5, 5.41) is 10.3. The van der Waals surface area contributed by atoms with Crippen molar-refractivity contribution < 1.29 is 19.0 Å². The first kappa shape index (κ1) is 15.3. The highest BCUT2D eigenvalue weighted by molar-refractivity contribution is 5.37. The van der Waals surface area contributed by atoms with Gasteiger partial charge in [-0.15, -0.1) is 0 Å². The van der Waals surface area contributed by atoms with Gasteiger partial charge in [0.15, 0.2) is 0 Å². The number of hydrogen-bond acceptors (Lipinski definition) is 3. The molecule has 112 valence electrons. The van der Waals surface area contributed by atoms with Crippen molar-refractivity contribution in [2.45, 2.75) is 26.1 Å². The van der Waals surface area contributed by atoms with Crippen molar-refractivity contribution in [2.24, 2.45) is 0 Å². The van der Waals surface area contributed by atoms with Gasteiger partial charge in [0.25, 0.3) is 0 Å². The average molecular weight is 290 g/mol. The maximum atomic E-state index is 14.0. The smallest absolute Gasteiger partial charge is 0.133 e. The first-order chi connectivity index (χ1) is 10.0. The molecule has 4 heteroatoms. The van der Waals surface area contributed by atoms with Gasteiger partial charge in [0.2, 0.25) is 0 Å². The molecule has 0 aromatic heterocycles. The van der Waals surface area contributed by atoms with E-state index >= 15 is 0 Å². The third-order valence-electron chi connectivity index (χ3n) is 3.07. The van der Waals surface area contributed by atoms with Crippen LogP contribution in [0.4, 0.5) is 4.39 Å². The zero-order valence-electron chi connectivity index (χ0n) is 12.3. The highest BCUT2D eigenvalue weighted by Crippen LogP contribution is 2.28. The molecule has 0 spiro atoms. The number of hydrogen-bond donors (Lipinski definition) is 1. The van der Waals surface area contributed by atoms with Crippen molar-refractivity contribution in [3.63, 3.8) is 0 Å². The van der Waals surface area contributed by atoms with Gasteiger partial charge < -0.3 is 14.6 Å². The van der Waals surface area contributed by atoms with Crippen LogP contribution in [-0.2, 0) is 0 Å². The Morgan fingerprint density at radius 2 is 1.62 bits per heavy atom. The third kappa shape index (κ3) is 3.73. The molecule has 0 saturated heterocycles. The maximum absolute atomic E-state index is 14.0. The summed E-state index contributed by atoms with van der Waals surface area (Å²) in [6, 6.07) is 11.4. The molecule has 2 aromatic rings. The number of aliphatic hydroxyl groups excluding tert-OH is 1. The van der Waals surface area contributed by atoms with Gasteiger partial charge >= 0.3 is 0 Å². The van der Waals surface area contributed by atoms with Crippen molar-refractivity contribution in [3.05, 3.63) is 59.4 Å². The molecule has 1 unspecified atom stereocenters. The summed E-state index contributed by atoms with van der Waals surface area (Å²) in [7, 11) is 1.47. The normalized spacial score (nSPS) is 12.3. The van der Waals surface area contributed by atoms with E-state index in [1.807, 2.05) is 13.8 Å². The van der Waals surface area contributed by atoms with E-state index in [0.717, 1.165) is 5.75 Å². The minimum Gasteiger partial charge on any atom is -0.497 e. The van der Waals surface area contributed by atoms with Gasteiger partial charge in [-0.05, 0) is 43.7 Å². The zero-order chi connectivity index (χ0) is 15.4. The highest BCUT2D eigenvalue weighted by atomic mass is 19.1. The second-order valence-electron chi connectivity index (χ2n) is 5.03. The molecule has 0 saturated carbocycles. The number of ether oxygens (including phenoxy) is 2. The lowest BCUT2D eigenvalue weighted by molar-refractivity contribution is 0.214. The van der Waals surface area contributed by atoms with Crippen LogP contribution in [0.1, 0.15) is 31.1 Å². The van der Waals surface area contributed by atoms with Crippen molar-refractivity contribution >= 4 is 0 Å². The first-order valence-electron chi connectivity index (χ1n) is 6.79. The predicted octanol–water partition coefficient (Wildman–Crippen LogP) is 3.70. The van der Waals surface area contributed by atoms with Gasteiger partial charge in [0, 0.05) is 11.6 Å². The minimum absolute atomic E-state index is 0.0832. The van der Waals surface area contributed by atoms with Gasteiger partial charge in [0.05, 0.1) is 13.2 Å². The molecule has 0 aliphatic heterocycles. The third-order valence-corrected chi connectivity index (χ3v) is 3.07. The van der Waals surface area contributed by atoms with Crippen molar-refractivity contribution in [3.8, 4) is 11.5 Å². The summed E-state index contributed by atoms with van der Waals surface area (Å²) < 4.78 is 24.4. The number of aliphatic hydroxyl groups is 1. The molecular weight excluding hydrogens is 271 g/mol. The van der Waals surface area contributed by atoms with E-state index < -0.39 is 11.9 Å². The van der Waals surface area contributed by atoms with Gasteiger partial charge in [-0.25, -0.2) is 4.39 Å². The Bertz CT molecular complexity index is 593. The number of rotatable bonds is 5. The van der Waals surface area contributed by atoms with Crippen LogP contribution in [-0.4, -0.2) is 18.3 Å². The molecule has 3 nitrogen and oxygen atoms in total. The molecule has 0 amide bonds. The van der Waals surface area contributed by atoms with E-state index in [1.54, 1.807) is 30.3 Å². The number of halogens is 1. The van der Waals surface area contributed by atoms with Gasteiger partial charge in [-0.3, -0.25) is 0 Å². The summed E-state index contributed by atoms with van der Waals surface area (Å²) in [5.41, 5.74) is 0.823. The van der Waals surface area contributed by atoms with Crippen LogP contribution < -0.4 is 9.47 Å². The Labute approximate surface area is 124 Å². The first-order valence-corrected chi connectivity index (χ1v) is 6.79. The largest absolute Gasteiger partial charge is 0.497 e. The fraction of sp³-hybridized carbons (Fsp3) is 0.294. The van der Waals surface area contributed by atoms with Gasteiger partial charge in [0.1, 0.15) is 23.4 Å². The standard InChI is InChI=1S/C17H19FO3/c1-11(2)21-13-6-4-12(5-7-13)17(19)15-9-8-14(20-3)10-16(15)18/h4-11,17,19H,1-3H3. The quantitative estimate of drug-likeness (QED) is 0.912. The van der Waals surface area contributed by atoms with Crippen LogP contribution in [0, 0.1) is 5.82 Å². The molecule has 0 heterocycles. The van der Waals surface area contributed by atoms with Crippen LogP contribution in [0.15, 0.2) is 42.5 Å². The van der Waals surface area contributed by atoms with Gasteiger partial charge in [-0.2, -0.15) is 0 Å². The maximum Gasteiger partial charge on any atom is 0.133 e. The topological polar surface area (TPSA) is 38.7 Å². The summed E-state index contributed by atoms with van der Waals surface area (Å²) in [4.78, 5) is 0. The van der Waals surface area contributed by atoms with E-state index in [-0.39, 0.29) is 11.7 Å². The molecule has 1 N–H and O–H groups in total. The summed E-state index contributed by atoms with van der Waals surface area (Å²) in [6.07, 6.45) is -0.941. The Morgan fingerprint density at radius 3 is 2.14 bits per heavy atom. The van der Waals surface area contributed by atoms with E-state index in [1.165, 1.54) is 19.2 Å². The summed E-state index contributed by atoms with van der Waals surface area (Å²) in [6.45, 7) is 3.88. The monoisotopic (exact) mass is 290 g/mol. The van der Waals surface area contributed by atoms with Crippen LogP contribution in [0.2, 0.25) is 0 Å². The molecule has 1 atom stereocenters. The van der Waals surface area contributed by atoms with Crippen molar-refractivity contribution in [2.75, 3.05) is 7.11 Å². The minimum atomic E-state index is -1.02. The van der Waals surface area contributed by atoms with Crippen LogP contribution in [0.25, 0.3) is 0 Å². The molecule has 2 aromatic carbocycles. The van der Waals surface area contributed by atoms with Crippen LogP contribution in [0.5, 0.6) is 11.5 Å². The van der Waals surface area contributed by atoms with E-state index in [0.29, 0.717) is 11.3 Å². The lowest BCUT2D eigenvalue weighted by atomic mass is 10.0. The van der Waals surface area contributed by atoms with E-state index in [4.69, 9.17) is 9.47 Å². The van der Waals surface area contributed by atoms with E-state index in [2.05, 4.69) is 0 Å². The second-order valence-corrected chi connectivity index (χ2v) is 5.03. The van der Waals surface area contributed by atoms with E-state index in [9.17, 15) is 9.50 Å². The zero-order valence-corrected chi connectivity index (χ0v) is 12.3. The number of benzene rings is 2. The molecular formula is C17H19FO3. The lowest BCUT2D eigenvalue weighted by Gasteiger charge is -2.15. The number of methoxy groups -OCH3 is 1. The fourth-order valence-electron chi connectivity index (χ4n) is 2.04. The molecule has 0 radical (unpaired) electrons. The average Bonchev–Trinajstić information content (AvgIpc) is 2.46. The Morgan fingerprint density at radius 1 is 1.00 bits per heavy atom. The Hall–Kier alpha value is -2.07. The van der Waals surface area contributed by atoms with Crippen LogP contribution >= 0.6 is 0 Å². The molecule has 0 aliphatic rings. The Balaban J connectivity index is 2.21. The lowest BCUT2D eigenvalue weighted by Crippen LogP contribution is -2.06. The SMILES string of the molecule is COc1ccc(C(O)c2ccc(OC(C)C)cc2)c(F)c1. The summed E-state index contributed by atoms with van der Waals surface area (Å²) >= 11 is 0. The molecule has 2 rings (SSSR count).